The number of carbonyl (C=O) groups excluding carboxylic acids is 2. The zero-order chi connectivity index (χ0) is 15.6. The van der Waals surface area contributed by atoms with Crippen molar-refractivity contribution in [2.75, 3.05) is 0 Å². The Morgan fingerprint density at radius 3 is 2.48 bits per heavy atom. The van der Waals surface area contributed by atoms with Crippen molar-refractivity contribution in [1.29, 1.82) is 0 Å². The van der Waals surface area contributed by atoms with Crippen LogP contribution < -0.4 is 5.32 Å². The standard InChI is InChI=1S/C19H10N2O2/c22-18-13-6-5-11-12(17(13)19(23)21-18)7-8-16-14(11)9-10-3-1-2-4-15(10)20-16/h1-9H,(H,21,22,23). The van der Waals surface area contributed by atoms with Crippen LogP contribution in [0.2, 0.25) is 0 Å². The zero-order valence-electron chi connectivity index (χ0n) is 12.0. The molecule has 4 nitrogen and oxygen atoms in total. The molecule has 0 aliphatic carbocycles. The van der Waals surface area contributed by atoms with Gasteiger partial charge in [-0.2, -0.15) is 0 Å². The molecule has 0 unspecified atom stereocenters. The lowest BCUT2D eigenvalue weighted by Gasteiger charge is -2.07. The molecule has 0 fully saturated rings. The molecule has 0 saturated carbocycles. The first-order chi connectivity index (χ1) is 11.2. The van der Waals surface area contributed by atoms with E-state index in [4.69, 9.17) is 0 Å². The number of fused-ring (bicyclic) bond motifs is 6. The highest BCUT2D eigenvalue weighted by atomic mass is 16.2. The van der Waals surface area contributed by atoms with Gasteiger partial charge in [-0.25, -0.2) is 4.98 Å². The van der Waals surface area contributed by atoms with Crippen molar-refractivity contribution >= 4 is 44.4 Å². The quantitative estimate of drug-likeness (QED) is 0.307. The number of nitrogens with one attached hydrogen (secondary N) is 1. The number of pyridine rings is 1. The van der Waals surface area contributed by atoms with E-state index in [-0.39, 0.29) is 11.8 Å². The summed E-state index contributed by atoms with van der Waals surface area (Å²) in [6.45, 7) is 0. The van der Waals surface area contributed by atoms with Crippen molar-refractivity contribution in [1.82, 2.24) is 10.3 Å². The maximum Gasteiger partial charge on any atom is 0.259 e. The van der Waals surface area contributed by atoms with Gasteiger partial charge in [-0.05, 0) is 35.0 Å². The molecule has 1 aliphatic rings. The average Bonchev–Trinajstić information content (AvgIpc) is 2.87. The van der Waals surface area contributed by atoms with Gasteiger partial charge in [0.15, 0.2) is 0 Å². The van der Waals surface area contributed by atoms with Crippen LogP contribution in [0, 0.1) is 0 Å². The van der Waals surface area contributed by atoms with E-state index in [1.807, 2.05) is 42.5 Å². The van der Waals surface area contributed by atoms with Crippen molar-refractivity contribution in [3.8, 4) is 0 Å². The number of hydrogen-bond acceptors (Lipinski definition) is 3. The number of benzene rings is 3. The minimum Gasteiger partial charge on any atom is -0.288 e. The lowest BCUT2D eigenvalue weighted by atomic mass is 9.97. The first-order valence-corrected chi connectivity index (χ1v) is 7.33. The Labute approximate surface area is 130 Å². The van der Waals surface area contributed by atoms with Crippen LogP contribution in [0.25, 0.3) is 32.6 Å². The van der Waals surface area contributed by atoms with Gasteiger partial charge < -0.3 is 0 Å². The van der Waals surface area contributed by atoms with E-state index in [1.165, 1.54) is 0 Å². The topological polar surface area (TPSA) is 59.1 Å². The number of amides is 2. The van der Waals surface area contributed by atoms with Crippen LogP contribution >= 0.6 is 0 Å². The molecule has 3 aromatic carbocycles. The Morgan fingerprint density at radius 2 is 1.57 bits per heavy atom. The van der Waals surface area contributed by atoms with E-state index in [2.05, 4.69) is 16.4 Å². The molecule has 4 aromatic rings. The fourth-order valence-electron chi connectivity index (χ4n) is 3.33. The monoisotopic (exact) mass is 298 g/mol. The second-order valence-electron chi connectivity index (χ2n) is 5.68. The van der Waals surface area contributed by atoms with Gasteiger partial charge in [-0.15, -0.1) is 0 Å². The van der Waals surface area contributed by atoms with Crippen LogP contribution in [0.15, 0.2) is 54.6 Å². The van der Waals surface area contributed by atoms with Crippen molar-refractivity contribution in [2.45, 2.75) is 0 Å². The number of rotatable bonds is 0. The largest absolute Gasteiger partial charge is 0.288 e. The van der Waals surface area contributed by atoms with Crippen LogP contribution in [0.3, 0.4) is 0 Å². The maximum atomic E-state index is 12.1. The summed E-state index contributed by atoms with van der Waals surface area (Å²) >= 11 is 0. The van der Waals surface area contributed by atoms with Crippen molar-refractivity contribution < 1.29 is 9.59 Å². The summed E-state index contributed by atoms with van der Waals surface area (Å²) in [4.78, 5) is 28.6. The van der Waals surface area contributed by atoms with Gasteiger partial charge in [0.1, 0.15) is 0 Å². The van der Waals surface area contributed by atoms with Gasteiger partial charge in [0.2, 0.25) is 0 Å². The van der Waals surface area contributed by atoms with E-state index < -0.39 is 0 Å². The zero-order valence-corrected chi connectivity index (χ0v) is 12.0. The maximum absolute atomic E-state index is 12.1. The highest BCUT2D eigenvalue weighted by molar-refractivity contribution is 6.28. The highest BCUT2D eigenvalue weighted by Gasteiger charge is 2.28. The number of imide groups is 1. The third-order valence-electron chi connectivity index (χ3n) is 4.40. The van der Waals surface area contributed by atoms with Gasteiger partial charge in [0.25, 0.3) is 11.8 Å². The Hall–Kier alpha value is -3.27. The van der Waals surface area contributed by atoms with Crippen LogP contribution in [0.5, 0.6) is 0 Å². The predicted octanol–water partition coefficient (Wildman–Crippen LogP) is 3.42. The van der Waals surface area contributed by atoms with Gasteiger partial charge in [0.05, 0.1) is 22.2 Å². The molecule has 0 atom stereocenters. The highest BCUT2D eigenvalue weighted by Crippen LogP contribution is 2.32. The minimum absolute atomic E-state index is 0.330. The molecule has 23 heavy (non-hydrogen) atoms. The number of carbonyl (C=O) groups is 2. The van der Waals surface area contributed by atoms with Crippen molar-refractivity contribution in [3.05, 3.63) is 65.7 Å². The minimum atomic E-state index is -0.330. The molecular weight excluding hydrogens is 288 g/mol. The lowest BCUT2D eigenvalue weighted by Crippen LogP contribution is -2.19. The van der Waals surface area contributed by atoms with Crippen molar-refractivity contribution in [3.63, 3.8) is 0 Å². The smallest absolute Gasteiger partial charge is 0.259 e. The molecule has 0 bridgehead atoms. The summed E-state index contributed by atoms with van der Waals surface area (Å²) in [6, 6.07) is 17.4. The Kier molecular flexibility index (Phi) is 2.21. The summed E-state index contributed by atoms with van der Waals surface area (Å²) in [7, 11) is 0. The number of hydrogen-bond donors (Lipinski definition) is 1. The number of nitrogens with zero attached hydrogens (tertiary/aromatic N) is 1. The molecule has 5 rings (SSSR count). The fourth-order valence-corrected chi connectivity index (χ4v) is 3.33. The normalized spacial score (nSPS) is 13.7. The van der Waals surface area contributed by atoms with E-state index in [0.29, 0.717) is 11.1 Å². The molecule has 108 valence electrons. The summed E-state index contributed by atoms with van der Waals surface area (Å²) in [5, 5.41) is 6.11. The van der Waals surface area contributed by atoms with Crippen LogP contribution in [0.1, 0.15) is 20.7 Å². The Balaban J connectivity index is 1.97. The SMILES string of the molecule is O=C1NC(=O)c2c1ccc1c2ccc2nc3ccccc3cc21. The second kappa shape index (κ2) is 4.14. The van der Waals surface area contributed by atoms with Crippen molar-refractivity contribution in [2.24, 2.45) is 0 Å². The summed E-state index contributed by atoms with van der Waals surface area (Å²) in [6.07, 6.45) is 0. The van der Waals surface area contributed by atoms with E-state index in [9.17, 15) is 9.59 Å². The predicted molar refractivity (Wildman–Crippen MR) is 88.6 cm³/mol. The first kappa shape index (κ1) is 12.3. The molecule has 2 heterocycles. The first-order valence-electron chi connectivity index (χ1n) is 7.33. The fraction of sp³-hybridized carbons (Fsp3) is 0. The van der Waals surface area contributed by atoms with Gasteiger partial charge >= 0.3 is 0 Å². The lowest BCUT2D eigenvalue weighted by molar-refractivity contribution is 0.0880. The molecule has 1 aromatic heterocycles. The van der Waals surface area contributed by atoms with Gasteiger partial charge in [-0.3, -0.25) is 14.9 Å². The van der Waals surface area contributed by atoms with Crippen LogP contribution in [-0.4, -0.2) is 16.8 Å². The Bertz CT molecular complexity index is 1180. The number of aromatic nitrogens is 1. The van der Waals surface area contributed by atoms with Gasteiger partial charge in [-0.1, -0.05) is 30.3 Å². The van der Waals surface area contributed by atoms with Gasteiger partial charge in [0, 0.05) is 10.8 Å². The second-order valence-corrected chi connectivity index (χ2v) is 5.68. The molecule has 0 radical (unpaired) electrons. The molecule has 2 amide bonds. The van der Waals surface area contributed by atoms with E-state index in [1.54, 1.807) is 6.07 Å². The van der Waals surface area contributed by atoms with E-state index >= 15 is 0 Å². The van der Waals surface area contributed by atoms with Crippen LogP contribution in [0.4, 0.5) is 0 Å². The average molecular weight is 298 g/mol. The van der Waals surface area contributed by atoms with E-state index in [0.717, 1.165) is 32.6 Å². The third kappa shape index (κ3) is 1.57. The third-order valence-corrected chi connectivity index (χ3v) is 4.40. The molecular formula is C19H10N2O2. The van der Waals surface area contributed by atoms with Crippen LogP contribution in [-0.2, 0) is 0 Å². The Morgan fingerprint density at radius 1 is 0.739 bits per heavy atom. The molecule has 1 aliphatic heterocycles. The molecule has 1 N–H and O–H groups in total. The summed E-state index contributed by atoms with van der Waals surface area (Å²) in [5.41, 5.74) is 2.72. The molecule has 0 saturated heterocycles. The number of para-hydroxylation sites is 1. The molecule has 4 heteroatoms. The summed E-state index contributed by atoms with van der Waals surface area (Å²) in [5.74, 6) is -0.660. The summed E-state index contributed by atoms with van der Waals surface area (Å²) < 4.78 is 0. The molecule has 0 spiro atoms.